The molecule has 2 nitrogen and oxygen atoms in total. The van der Waals surface area contributed by atoms with Crippen molar-refractivity contribution in [3.63, 3.8) is 0 Å². The number of nitrogens with one attached hydrogen (secondary N) is 1. The summed E-state index contributed by atoms with van der Waals surface area (Å²) in [6.45, 7) is 4.53. The van der Waals surface area contributed by atoms with E-state index in [0.29, 0.717) is 12.1 Å². The molecular formula is C7H12N2. The van der Waals surface area contributed by atoms with E-state index in [0.717, 1.165) is 11.8 Å². The third-order valence-electron chi connectivity index (χ3n) is 2.72. The Morgan fingerprint density at radius 1 is 1.33 bits per heavy atom. The van der Waals surface area contributed by atoms with Gasteiger partial charge in [-0.05, 0) is 11.8 Å². The van der Waals surface area contributed by atoms with Gasteiger partial charge in [0, 0.05) is 6.04 Å². The van der Waals surface area contributed by atoms with Gasteiger partial charge in [-0.3, -0.25) is 4.99 Å². The van der Waals surface area contributed by atoms with Crippen LogP contribution in [0.5, 0.6) is 0 Å². The molecule has 2 aliphatic heterocycles. The predicted octanol–water partition coefficient (Wildman–Crippen LogP) is 0.641. The summed E-state index contributed by atoms with van der Waals surface area (Å²) in [7, 11) is 0. The number of aliphatic imine (C=N–C) groups is 1. The molecule has 0 aromatic carbocycles. The Labute approximate surface area is 55.4 Å². The standard InChI is InChI=1S/C7H12N2/c1-4-6-5(2)7(4)9-3-8-6/h3-7H,1-2H3,(H,8,9). The van der Waals surface area contributed by atoms with Crippen LogP contribution in [0.1, 0.15) is 13.8 Å². The summed E-state index contributed by atoms with van der Waals surface area (Å²) in [5, 5.41) is 3.26. The van der Waals surface area contributed by atoms with Crippen molar-refractivity contribution in [2.24, 2.45) is 16.8 Å². The van der Waals surface area contributed by atoms with E-state index in [1.54, 1.807) is 0 Å². The first-order chi connectivity index (χ1) is 4.30. The Morgan fingerprint density at radius 2 is 2.00 bits per heavy atom. The average molecular weight is 124 g/mol. The topological polar surface area (TPSA) is 24.4 Å². The van der Waals surface area contributed by atoms with Crippen molar-refractivity contribution in [2.75, 3.05) is 0 Å². The molecule has 0 saturated heterocycles. The van der Waals surface area contributed by atoms with Gasteiger partial charge in [-0.15, -0.1) is 0 Å². The van der Waals surface area contributed by atoms with E-state index < -0.39 is 0 Å². The normalized spacial score (nSPS) is 54.0. The Bertz CT molecular complexity index is 143. The first kappa shape index (κ1) is 5.27. The zero-order chi connectivity index (χ0) is 6.43. The zero-order valence-corrected chi connectivity index (χ0v) is 5.83. The highest BCUT2D eigenvalue weighted by Gasteiger charge is 2.46. The van der Waals surface area contributed by atoms with E-state index in [1.165, 1.54) is 0 Å². The highest BCUT2D eigenvalue weighted by molar-refractivity contribution is 5.58. The van der Waals surface area contributed by atoms with E-state index in [4.69, 9.17) is 0 Å². The summed E-state index contributed by atoms with van der Waals surface area (Å²) in [6.07, 6.45) is 1.86. The van der Waals surface area contributed by atoms with Crippen LogP contribution in [0.15, 0.2) is 4.99 Å². The van der Waals surface area contributed by atoms with Crippen LogP contribution in [0, 0.1) is 11.8 Å². The van der Waals surface area contributed by atoms with Crippen molar-refractivity contribution >= 4 is 6.34 Å². The van der Waals surface area contributed by atoms with E-state index >= 15 is 0 Å². The lowest BCUT2D eigenvalue weighted by molar-refractivity contribution is 0.107. The first-order valence-electron chi connectivity index (χ1n) is 3.58. The van der Waals surface area contributed by atoms with Crippen molar-refractivity contribution in [1.29, 1.82) is 0 Å². The molecule has 50 valence electrons. The second kappa shape index (κ2) is 1.49. The van der Waals surface area contributed by atoms with E-state index in [2.05, 4.69) is 24.2 Å². The average Bonchev–Trinajstić information content (AvgIpc) is 1.91. The third-order valence-corrected chi connectivity index (χ3v) is 2.72. The number of hydrogen-bond donors (Lipinski definition) is 1. The molecule has 3 rings (SSSR count). The molecule has 1 saturated carbocycles. The number of rotatable bonds is 0. The first-order valence-corrected chi connectivity index (χ1v) is 3.58. The third kappa shape index (κ3) is 0.485. The molecule has 0 radical (unpaired) electrons. The molecule has 1 N–H and O–H groups in total. The lowest BCUT2D eigenvalue weighted by Gasteiger charge is -2.49. The van der Waals surface area contributed by atoms with Gasteiger partial charge in [0.25, 0.3) is 0 Å². The van der Waals surface area contributed by atoms with E-state index in [-0.39, 0.29) is 0 Å². The lowest BCUT2D eigenvalue weighted by Crippen LogP contribution is -2.61. The van der Waals surface area contributed by atoms with E-state index in [1.807, 2.05) is 6.34 Å². The van der Waals surface area contributed by atoms with Crippen molar-refractivity contribution in [3.05, 3.63) is 0 Å². The molecule has 0 aromatic rings. The molecule has 2 atom stereocenters. The maximum Gasteiger partial charge on any atom is 0.0829 e. The van der Waals surface area contributed by atoms with Crippen molar-refractivity contribution in [2.45, 2.75) is 25.9 Å². The van der Waals surface area contributed by atoms with E-state index in [9.17, 15) is 0 Å². The number of hydrogen-bond acceptors (Lipinski definition) is 2. The molecule has 0 amide bonds. The molecular weight excluding hydrogens is 112 g/mol. The van der Waals surface area contributed by atoms with Crippen LogP contribution in [-0.2, 0) is 0 Å². The molecule has 3 aliphatic rings. The minimum absolute atomic E-state index is 0.622. The molecule has 2 heteroatoms. The maximum atomic E-state index is 4.32. The van der Waals surface area contributed by atoms with Crippen molar-refractivity contribution < 1.29 is 0 Å². The highest BCUT2D eigenvalue weighted by atomic mass is 15.1. The Balaban J connectivity index is 2.21. The van der Waals surface area contributed by atoms with Crippen LogP contribution in [0.3, 0.4) is 0 Å². The number of fused-ring (bicyclic) bond motifs is 1. The summed E-state index contributed by atoms with van der Waals surface area (Å²) in [6, 6.07) is 1.34. The van der Waals surface area contributed by atoms with Gasteiger partial charge in [0.2, 0.25) is 0 Å². The molecule has 2 bridgehead atoms. The van der Waals surface area contributed by atoms with Gasteiger partial charge in [0.05, 0.1) is 12.4 Å². The fourth-order valence-corrected chi connectivity index (χ4v) is 2.03. The minimum Gasteiger partial charge on any atom is -0.373 e. The molecule has 9 heavy (non-hydrogen) atoms. The highest BCUT2D eigenvalue weighted by Crippen LogP contribution is 2.37. The van der Waals surface area contributed by atoms with Crippen LogP contribution < -0.4 is 5.32 Å². The second-order valence-electron chi connectivity index (χ2n) is 3.18. The van der Waals surface area contributed by atoms with Gasteiger partial charge in [-0.25, -0.2) is 0 Å². The summed E-state index contributed by atoms with van der Waals surface area (Å²) in [5.74, 6) is 1.54. The quantitative estimate of drug-likeness (QED) is 0.503. The Hall–Kier alpha value is -0.530. The van der Waals surface area contributed by atoms with Gasteiger partial charge in [-0.1, -0.05) is 13.8 Å². The van der Waals surface area contributed by atoms with Crippen LogP contribution in [0.4, 0.5) is 0 Å². The predicted molar refractivity (Wildman–Crippen MR) is 37.5 cm³/mol. The molecule has 2 unspecified atom stereocenters. The smallest absolute Gasteiger partial charge is 0.0829 e. The van der Waals surface area contributed by atoms with Crippen LogP contribution in [-0.4, -0.2) is 18.4 Å². The minimum atomic E-state index is 0.622. The lowest BCUT2D eigenvalue weighted by atomic mass is 9.66. The zero-order valence-electron chi connectivity index (χ0n) is 5.83. The van der Waals surface area contributed by atoms with Crippen LogP contribution >= 0.6 is 0 Å². The van der Waals surface area contributed by atoms with Gasteiger partial charge in [0.15, 0.2) is 0 Å². The molecule has 2 heterocycles. The van der Waals surface area contributed by atoms with Crippen LogP contribution in [0.2, 0.25) is 0 Å². The number of nitrogens with zero attached hydrogens (tertiary/aromatic N) is 1. The maximum absolute atomic E-state index is 4.32. The van der Waals surface area contributed by atoms with Crippen LogP contribution in [0.25, 0.3) is 0 Å². The largest absolute Gasteiger partial charge is 0.373 e. The van der Waals surface area contributed by atoms with Gasteiger partial charge in [-0.2, -0.15) is 0 Å². The van der Waals surface area contributed by atoms with Gasteiger partial charge < -0.3 is 5.32 Å². The van der Waals surface area contributed by atoms with Gasteiger partial charge >= 0.3 is 0 Å². The summed E-state index contributed by atoms with van der Waals surface area (Å²) < 4.78 is 0. The van der Waals surface area contributed by atoms with Crippen molar-refractivity contribution in [3.8, 4) is 0 Å². The second-order valence-corrected chi connectivity index (χ2v) is 3.18. The molecule has 1 aliphatic carbocycles. The fraction of sp³-hybridized carbons (Fsp3) is 0.857. The molecule has 0 aromatic heterocycles. The Morgan fingerprint density at radius 3 is 2.22 bits per heavy atom. The fourth-order valence-electron chi connectivity index (χ4n) is 2.03. The SMILES string of the molecule is CC1C2N=CNC1C2C. The van der Waals surface area contributed by atoms with Gasteiger partial charge in [0.1, 0.15) is 0 Å². The summed E-state index contributed by atoms with van der Waals surface area (Å²) in [5.41, 5.74) is 0. The molecule has 0 spiro atoms. The van der Waals surface area contributed by atoms with Crippen molar-refractivity contribution in [1.82, 2.24) is 5.32 Å². The summed E-state index contributed by atoms with van der Waals surface area (Å²) >= 11 is 0. The molecule has 1 fully saturated rings. The monoisotopic (exact) mass is 124 g/mol. The summed E-state index contributed by atoms with van der Waals surface area (Å²) in [4.78, 5) is 4.32. The Kier molecular flexibility index (Phi) is 0.875.